The lowest BCUT2D eigenvalue weighted by Crippen LogP contribution is -2.48. The van der Waals surface area contributed by atoms with Gasteiger partial charge in [0.05, 0.1) is 26.7 Å². The second-order valence-corrected chi connectivity index (χ2v) is 6.10. The first-order chi connectivity index (χ1) is 9.20. The summed E-state index contributed by atoms with van der Waals surface area (Å²) in [6.45, 7) is 3.89. The van der Waals surface area contributed by atoms with E-state index >= 15 is 0 Å². The number of nitrogens with zero attached hydrogens (tertiary/aromatic N) is 1. The first-order valence-electron chi connectivity index (χ1n) is 7.61. The second-order valence-electron chi connectivity index (χ2n) is 6.10. The quantitative estimate of drug-likeness (QED) is 0.433. The van der Waals surface area contributed by atoms with Crippen LogP contribution in [-0.2, 0) is 0 Å². The molecule has 1 aliphatic rings. The van der Waals surface area contributed by atoms with E-state index in [-0.39, 0.29) is 0 Å². The van der Waals surface area contributed by atoms with Crippen LogP contribution in [0.5, 0.6) is 0 Å². The Morgan fingerprint density at radius 1 is 1.05 bits per heavy atom. The summed E-state index contributed by atoms with van der Waals surface area (Å²) in [5, 5.41) is 0. The first-order valence-corrected chi connectivity index (χ1v) is 7.61. The number of carbonyl (C=O) groups excluding carboxylic acids is 1. The van der Waals surface area contributed by atoms with Crippen LogP contribution < -0.4 is 0 Å². The smallest absolute Gasteiger partial charge is 0.162 e. The molecule has 1 fully saturated rings. The molecule has 0 bridgehead atoms. The van der Waals surface area contributed by atoms with Crippen molar-refractivity contribution in [3.05, 3.63) is 35.9 Å². The van der Waals surface area contributed by atoms with Crippen LogP contribution in [0, 0.1) is 0 Å². The summed E-state index contributed by atoms with van der Waals surface area (Å²) < 4.78 is 1.22. The Morgan fingerprint density at radius 2 is 1.74 bits per heavy atom. The molecule has 2 heteroatoms. The third kappa shape index (κ3) is 4.46. The van der Waals surface area contributed by atoms with Gasteiger partial charge in [-0.3, -0.25) is 4.79 Å². The molecule has 0 unspecified atom stereocenters. The van der Waals surface area contributed by atoms with Gasteiger partial charge in [-0.15, -0.1) is 0 Å². The van der Waals surface area contributed by atoms with Crippen molar-refractivity contribution in [2.45, 2.75) is 38.5 Å². The fourth-order valence-corrected chi connectivity index (χ4v) is 3.05. The standard InChI is InChI=1S/C17H26NO/c1-18(13-7-3-8-14-18)15-9-6-12-17(19)16-10-4-2-5-11-16/h2,4-5,10-11H,3,6-9,12-15H2,1H3/q+1. The first kappa shape index (κ1) is 14.3. The van der Waals surface area contributed by atoms with Gasteiger partial charge in [-0.05, 0) is 32.1 Å². The van der Waals surface area contributed by atoms with E-state index in [9.17, 15) is 4.79 Å². The summed E-state index contributed by atoms with van der Waals surface area (Å²) in [5.74, 6) is 0.293. The predicted molar refractivity (Wildman–Crippen MR) is 79.3 cm³/mol. The van der Waals surface area contributed by atoms with E-state index in [1.165, 1.54) is 49.8 Å². The summed E-state index contributed by atoms with van der Waals surface area (Å²) >= 11 is 0. The van der Waals surface area contributed by atoms with Crippen LogP contribution in [0.2, 0.25) is 0 Å². The van der Waals surface area contributed by atoms with E-state index in [0.717, 1.165) is 12.0 Å². The maximum atomic E-state index is 12.0. The number of rotatable bonds is 6. The number of piperidine rings is 1. The molecule has 2 rings (SSSR count). The normalized spacial score (nSPS) is 18.2. The van der Waals surface area contributed by atoms with E-state index in [2.05, 4.69) is 7.05 Å². The van der Waals surface area contributed by atoms with Crippen molar-refractivity contribution in [1.82, 2.24) is 0 Å². The number of hydrogen-bond acceptors (Lipinski definition) is 1. The van der Waals surface area contributed by atoms with Crippen molar-refractivity contribution in [2.75, 3.05) is 26.7 Å². The van der Waals surface area contributed by atoms with Crippen molar-refractivity contribution in [1.29, 1.82) is 0 Å². The number of carbonyl (C=O) groups is 1. The summed E-state index contributed by atoms with van der Waals surface area (Å²) in [6.07, 6.45) is 7.06. The van der Waals surface area contributed by atoms with Gasteiger partial charge in [-0.2, -0.15) is 0 Å². The molecule has 1 aliphatic heterocycles. The Balaban J connectivity index is 1.68. The van der Waals surface area contributed by atoms with Gasteiger partial charge in [0.2, 0.25) is 0 Å². The van der Waals surface area contributed by atoms with Crippen LogP contribution in [0.25, 0.3) is 0 Å². The van der Waals surface area contributed by atoms with Crippen molar-refractivity contribution in [3.63, 3.8) is 0 Å². The average Bonchev–Trinajstić information content (AvgIpc) is 2.45. The van der Waals surface area contributed by atoms with Crippen molar-refractivity contribution in [2.24, 2.45) is 0 Å². The van der Waals surface area contributed by atoms with Crippen LogP contribution in [0.4, 0.5) is 0 Å². The lowest BCUT2D eigenvalue weighted by molar-refractivity contribution is -0.914. The molecule has 19 heavy (non-hydrogen) atoms. The molecular formula is C17H26NO+. The van der Waals surface area contributed by atoms with E-state index in [1.807, 2.05) is 30.3 Å². The molecule has 104 valence electrons. The molecule has 1 aromatic rings. The van der Waals surface area contributed by atoms with E-state index in [4.69, 9.17) is 0 Å². The minimum atomic E-state index is 0.293. The molecule has 0 spiro atoms. The number of quaternary nitrogens is 1. The summed E-state index contributed by atoms with van der Waals surface area (Å²) in [4.78, 5) is 12.0. The fraction of sp³-hybridized carbons (Fsp3) is 0.588. The Bertz CT molecular complexity index is 393. The van der Waals surface area contributed by atoms with Gasteiger partial charge in [0.25, 0.3) is 0 Å². The predicted octanol–water partition coefficient (Wildman–Crippen LogP) is 3.67. The number of benzene rings is 1. The summed E-state index contributed by atoms with van der Waals surface area (Å²) in [7, 11) is 2.37. The number of hydrogen-bond donors (Lipinski definition) is 0. The number of likely N-dealkylation sites (tertiary alicyclic amines) is 1. The molecule has 2 nitrogen and oxygen atoms in total. The van der Waals surface area contributed by atoms with Gasteiger partial charge in [-0.25, -0.2) is 0 Å². The minimum absolute atomic E-state index is 0.293. The lowest BCUT2D eigenvalue weighted by atomic mass is 10.0. The highest BCUT2D eigenvalue weighted by atomic mass is 16.1. The van der Waals surface area contributed by atoms with Crippen molar-refractivity contribution in [3.8, 4) is 0 Å². The molecule has 0 aliphatic carbocycles. The third-order valence-electron chi connectivity index (χ3n) is 4.34. The van der Waals surface area contributed by atoms with Gasteiger partial charge in [0.1, 0.15) is 0 Å². The number of ketones is 1. The molecule has 1 saturated heterocycles. The van der Waals surface area contributed by atoms with Crippen LogP contribution in [0.3, 0.4) is 0 Å². The van der Waals surface area contributed by atoms with Gasteiger partial charge in [0.15, 0.2) is 5.78 Å². The van der Waals surface area contributed by atoms with E-state index in [0.29, 0.717) is 12.2 Å². The monoisotopic (exact) mass is 260 g/mol. The molecule has 0 atom stereocenters. The van der Waals surface area contributed by atoms with Gasteiger partial charge in [-0.1, -0.05) is 30.3 Å². The molecule has 0 aromatic heterocycles. The van der Waals surface area contributed by atoms with Gasteiger partial charge in [0, 0.05) is 12.0 Å². The molecule has 0 radical (unpaired) electrons. The molecule has 0 N–H and O–H groups in total. The van der Waals surface area contributed by atoms with Crippen LogP contribution in [0.1, 0.15) is 48.9 Å². The molecule has 1 aromatic carbocycles. The molecule has 0 amide bonds. The van der Waals surface area contributed by atoms with Gasteiger partial charge < -0.3 is 4.48 Å². The van der Waals surface area contributed by atoms with Crippen LogP contribution in [0.15, 0.2) is 30.3 Å². The zero-order chi connectivity index (χ0) is 13.6. The van der Waals surface area contributed by atoms with E-state index < -0.39 is 0 Å². The fourth-order valence-electron chi connectivity index (χ4n) is 3.05. The Labute approximate surface area is 117 Å². The zero-order valence-corrected chi connectivity index (χ0v) is 12.1. The molecule has 1 heterocycles. The maximum absolute atomic E-state index is 12.0. The van der Waals surface area contributed by atoms with E-state index in [1.54, 1.807) is 0 Å². The third-order valence-corrected chi connectivity index (χ3v) is 4.34. The molecular weight excluding hydrogens is 234 g/mol. The average molecular weight is 260 g/mol. The highest BCUT2D eigenvalue weighted by Gasteiger charge is 2.23. The lowest BCUT2D eigenvalue weighted by Gasteiger charge is -2.37. The Morgan fingerprint density at radius 3 is 2.42 bits per heavy atom. The van der Waals surface area contributed by atoms with Crippen LogP contribution in [-0.4, -0.2) is 36.9 Å². The second kappa shape index (κ2) is 6.85. The minimum Gasteiger partial charge on any atom is -0.326 e. The topological polar surface area (TPSA) is 17.1 Å². The largest absolute Gasteiger partial charge is 0.326 e. The van der Waals surface area contributed by atoms with Gasteiger partial charge >= 0.3 is 0 Å². The number of Topliss-reactive ketones (excluding diaryl/α,β-unsaturated/α-hetero) is 1. The Kier molecular flexibility index (Phi) is 5.15. The number of unbranched alkanes of at least 4 members (excludes halogenated alkanes) is 1. The highest BCUT2D eigenvalue weighted by Crippen LogP contribution is 2.17. The molecule has 0 saturated carbocycles. The summed E-state index contributed by atoms with van der Waals surface area (Å²) in [6, 6.07) is 9.67. The highest BCUT2D eigenvalue weighted by molar-refractivity contribution is 5.95. The van der Waals surface area contributed by atoms with Crippen LogP contribution >= 0.6 is 0 Å². The van der Waals surface area contributed by atoms with Crippen molar-refractivity contribution >= 4 is 5.78 Å². The SMILES string of the molecule is C[N+]1(CCCCC(=O)c2ccccc2)CCCCC1. The Hall–Kier alpha value is -1.15. The van der Waals surface area contributed by atoms with Crippen molar-refractivity contribution < 1.29 is 9.28 Å². The zero-order valence-electron chi connectivity index (χ0n) is 12.1. The summed E-state index contributed by atoms with van der Waals surface area (Å²) in [5.41, 5.74) is 0.862. The maximum Gasteiger partial charge on any atom is 0.162 e.